The topological polar surface area (TPSA) is 159 Å². The van der Waals surface area contributed by atoms with Crippen LogP contribution in [0.5, 0.6) is 0 Å². The molecule has 0 spiro atoms. The number of hydrogen-bond donors (Lipinski definition) is 0. The van der Waals surface area contributed by atoms with Gasteiger partial charge in [0, 0.05) is 72.9 Å². The van der Waals surface area contributed by atoms with Crippen molar-refractivity contribution in [1.29, 1.82) is 0 Å². The third kappa shape index (κ3) is 33.4. The van der Waals surface area contributed by atoms with Crippen molar-refractivity contribution in [2.75, 3.05) is 81.4 Å². The quantitative estimate of drug-likeness (QED) is 0.0183. The third-order valence-corrected chi connectivity index (χ3v) is 15.4. The van der Waals surface area contributed by atoms with E-state index in [1.807, 2.05) is 31.8 Å². The molecule has 3 aromatic rings. The van der Waals surface area contributed by atoms with Gasteiger partial charge in [0.15, 0.2) is 6.54 Å². The number of unbranched alkanes of at least 4 members (excludes halogenated alkanes) is 9. The van der Waals surface area contributed by atoms with E-state index >= 15 is 0 Å². The average molecular weight is 1420 g/mol. The minimum absolute atomic E-state index is 0. The Morgan fingerprint density at radius 3 is 1.17 bits per heavy atom. The van der Waals surface area contributed by atoms with Crippen molar-refractivity contribution in [2.45, 2.75) is 173 Å². The summed E-state index contributed by atoms with van der Waals surface area (Å²) >= 11 is 10.2. The molecule has 15 nitrogen and oxygen atoms in total. The molecule has 3 heterocycles. The van der Waals surface area contributed by atoms with Crippen LogP contribution in [0.4, 0.5) is 0 Å². The van der Waals surface area contributed by atoms with Gasteiger partial charge in [0.1, 0.15) is 12.4 Å². The normalized spacial score (nSPS) is 12.5. The van der Waals surface area contributed by atoms with E-state index in [0.29, 0.717) is 70.9 Å². The first kappa shape index (κ1) is 81.4. The van der Waals surface area contributed by atoms with Crippen LogP contribution in [0.25, 0.3) is 5.32 Å². The Balaban J connectivity index is 0.000000771. The number of imidazole rings is 1. The second-order valence-corrected chi connectivity index (χ2v) is 27.6. The molecule has 0 aliphatic carbocycles. The van der Waals surface area contributed by atoms with Crippen LogP contribution < -0.4 is 56.0 Å². The molecule has 86 heavy (non-hydrogen) atoms. The molecule has 0 fully saturated rings. The fourth-order valence-electron chi connectivity index (χ4n) is 9.95. The Morgan fingerprint density at radius 1 is 0.465 bits per heavy atom. The number of imide groups is 2. The number of amides is 7. The molecule has 1 aromatic heterocycles. The Bertz CT molecular complexity index is 2310. The minimum atomic E-state index is -0.425. The summed E-state index contributed by atoms with van der Waals surface area (Å²) in [6.07, 6.45) is 19.8. The van der Waals surface area contributed by atoms with Crippen LogP contribution in [0, 0.1) is 35.5 Å². The summed E-state index contributed by atoms with van der Waals surface area (Å²) in [5.41, 5.74) is 1.92. The molecule has 7 amide bonds. The van der Waals surface area contributed by atoms with E-state index in [1.165, 1.54) is 30.6 Å². The van der Waals surface area contributed by atoms with Gasteiger partial charge in [-0.3, -0.25) is 33.8 Å². The fourth-order valence-corrected chi connectivity index (χ4v) is 11.1. The van der Waals surface area contributed by atoms with Crippen LogP contribution in [-0.2, 0) is 27.5 Å². The molecule has 2 aromatic carbocycles. The van der Waals surface area contributed by atoms with Crippen LogP contribution in [0.15, 0.2) is 67.3 Å². The number of rotatable bonds is 36. The summed E-state index contributed by atoms with van der Waals surface area (Å²) in [5.74, 6) is 1.78. The van der Waals surface area contributed by atoms with Crippen molar-refractivity contribution >= 4 is 89.1 Å². The van der Waals surface area contributed by atoms with E-state index < -0.39 is 11.8 Å². The Morgan fingerprint density at radius 2 is 0.802 bits per heavy atom. The van der Waals surface area contributed by atoms with Gasteiger partial charge in [0.05, 0.1) is 42.6 Å². The van der Waals surface area contributed by atoms with Gasteiger partial charge in [-0.25, -0.2) is 9.13 Å². The molecule has 2 aliphatic rings. The van der Waals surface area contributed by atoms with Crippen LogP contribution in [0.1, 0.15) is 202 Å². The van der Waals surface area contributed by atoms with E-state index in [2.05, 4.69) is 152 Å². The van der Waals surface area contributed by atoms with Crippen molar-refractivity contribution in [3.05, 3.63) is 94.8 Å². The monoisotopic (exact) mass is 1410 g/mol. The molecule has 478 valence electrons. The molecule has 0 saturated carbocycles. The van der Waals surface area contributed by atoms with Crippen LogP contribution in [0.3, 0.4) is 0 Å². The largest absolute Gasteiger partial charge is 1.00 e. The summed E-state index contributed by atoms with van der Waals surface area (Å²) in [4.78, 5) is 95.4. The van der Waals surface area contributed by atoms with Crippen molar-refractivity contribution in [3.63, 3.8) is 0 Å². The van der Waals surface area contributed by atoms with Gasteiger partial charge in [-0.1, -0.05) is 199 Å². The minimum Gasteiger partial charge on any atom is -0.587 e. The molecule has 0 unspecified atom stereocenters. The number of alkyl halides is 3. The third-order valence-electron chi connectivity index (χ3n) is 13.7. The van der Waals surface area contributed by atoms with Crippen molar-refractivity contribution in [1.82, 2.24) is 29.1 Å². The van der Waals surface area contributed by atoms with Crippen LogP contribution >= 0.6 is 47.8 Å². The van der Waals surface area contributed by atoms with Crippen molar-refractivity contribution < 1.29 is 89.5 Å². The maximum Gasteiger partial charge on any atom is 1.00 e. The average Bonchev–Trinajstić information content (AvgIpc) is 2.42. The van der Waals surface area contributed by atoms with E-state index in [-0.39, 0.29) is 94.0 Å². The first-order valence-electron chi connectivity index (χ1n) is 31.5. The number of nitrogens with zero attached hydrogens (tertiary/aromatic N) is 8. The predicted molar refractivity (Wildman–Crippen MR) is 357 cm³/mol. The van der Waals surface area contributed by atoms with Crippen molar-refractivity contribution in [2.24, 2.45) is 35.5 Å². The first-order valence-corrected chi connectivity index (χ1v) is 34.9. The number of halogens is 3. The van der Waals surface area contributed by atoms with E-state index in [1.54, 1.807) is 48.5 Å². The Kier molecular flexibility index (Phi) is 44.0. The van der Waals surface area contributed by atoms with Gasteiger partial charge in [-0.15, -0.1) is 0 Å². The standard InChI is InChI=1S/C39H75N6O3.C14H16BrNO2.C8H5NO2.C6H12Br2.K/c1-31(2)21-43(22-32(3)4)37(46)27-41(28-38(47)44(23-33(5)6)24-34(7)8)18-16-14-13-15-17-40-19-20-42(30-40)29-39(48)45(25-35(9)10)26-36(11)12;15-9-5-1-2-6-10-16-13(17)11-7-3-4-8-12(11)14(16)18;10-7-5-3-1-2-4-6(5)8(11)9-7;7-5-3-1-2-4-6-8;/h19-20,30-36H,13-18,21-29H2,1-12H3;3-4,7-8H,1-2,5-6,9-10H2;1-4H,(H,9,10,11);1-6H2;/q+1;;;;+1/p-1. The molecular weight excluding hydrogens is 1310 g/mol. The molecule has 5 rings (SSSR count). The summed E-state index contributed by atoms with van der Waals surface area (Å²) in [5, 5.41) is 6.62. The molecule has 0 saturated heterocycles. The zero-order valence-corrected chi connectivity index (χ0v) is 62.9. The van der Waals surface area contributed by atoms with Gasteiger partial charge >= 0.3 is 51.4 Å². The van der Waals surface area contributed by atoms with Gasteiger partial charge in [0.2, 0.25) is 18.1 Å². The maximum absolute atomic E-state index is 13.6. The Hall–Kier alpha value is -2.62. The number of aryl methyl sites for hydroxylation is 1. The Labute approximate surface area is 586 Å². The zero-order valence-electron chi connectivity index (χ0n) is 55.0. The summed E-state index contributed by atoms with van der Waals surface area (Å²) in [6.45, 7) is 33.5. The number of carbonyl (C=O) groups excluding carboxylic acids is 7. The van der Waals surface area contributed by atoms with Gasteiger partial charge < -0.3 is 29.6 Å². The van der Waals surface area contributed by atoms with E-state index in [4.69, 9.17) is 0 Å². The molecule has 19 heteroatoms. The maximum atomic E-state index is 13.6. The SMILES string of the molecule is BrCCCCCCBr.CC(C)CN(CC(C)C)C(=O)CN(CCCCCCn1cc[n+](CC(=O)N(CC(C)C)CC(C)C)c1)CC(=O)N(CC(C)C)CC(C)C.O=C1[N-]C(=O)c2ccccc21.O=C1c2ccccc2C(=O)N1CCCCCCBr.[K+]. The summed E-state index contributed by atoms with van der Waals surface area (Å²) in [6, 6.07) is 13.7. The predicted octanol–water partition coefficient (Wildman–Crippen LogP) is 11.0. The fraction of sp³-hybridized carbons (Fsp3) is 0.672. The smallest absolute Gasteiger partial charge is 0.587 e. The van der Waals surface area contributed by atoms with Gasteiger partial charge in [-0.05, 0) is 99.1 Å². The van der Waals surface area contributed by atoms with Crippen LogP contribution in [-0.4, -0.2) is 152 Å². The van der Waals surface area contributed by atoms with E-state index in [0.717, 1.165) is 120 Å². The van der Waals surface area contributed by atoms with Gasteiger partial charge in [0.25, 0.3) is 17.7 Å². The molecule has 0 atom stereocenters. The number of fused-ring (bicyclic) bond motifs is 2. The molecular formula is C67H107Br3KN8O7+. The summed E-state index contributed by atoms with van der Waals surface area (Å²) < 4.78 is 4.16. The van der Waals surface area contributed by atoms with Gasteiger partial charge in [-0.2, -0.15) is 0 Å². The molecule has 0 radical (unpaired) electrons. The summed E-state index contributed by atoms with van der Waals surface area (Å²) in [7, 11) is 0. The molecule has 2 aliphatic heterocycles. The number of carbonyl (C=O) groups is 7. The van der Waals surface area contributed by atoms with Crippen molar-refractivity contribution in [3.8, 4) is 0 Å². The second-order valence-electron chi connectivity index (χ2n) is 25.2. The van der Waals surface area contributed by atoms with Crippen LogP contribution in [0.2, 0.25) is 0 Å². The first-order chi connectivity index (χ1) is 40.4. The molecule has 0 N–H and O–H groups in total. The molecule has 0 bridgehead atoms. The van der Waals surface area contributed by atoms with E-state index in [9.17, 15) is 33.6 Å². The number of aromatic nitrogens is 2. The number of benzene rings is 2. The second kappa shape index (κ2) is 46.4. The zero-order chi connectivity index (χ0) is 63.4. The number of hydrogen-bond acceptors (Lipinski definition) is 8.